The normalized spacial score (nSPS) is 13.9. The second-order valence-electron chi connectivity index (χ2n) is 6.10. The van der Waals surface area contributed by atoms with Crippen molar-refractivity contribution in [2.45, 2.75) is 20.3 Å². The van der Waals surface area contributed by atoms with Crippen LogP contribution < -0.4 is 9.47 Å². The molecule has 0 saturated heterocycles. The molecule has 0 bridgehead atoms. The number of rotatable bonds is 3. The molecule has 10 heteroatoms. The van der Waals surface area contributed by atoms with Gasteiger partial charge in [0.2, 0.25) is 4.77 Å². The molecule has 0 aliphatic carbocycles. The number of nitrogens with one attached hydrogen (secondary N) is 1. The first-order valence-corrected chi connectivity index (χ1v) is 9.16. The van der Waals surface area contributed by atoms with E-state index in [1.165, 1.54) is 4.68 Å². The Kier molecular flexibility index (Phi) is 4.71. The summed E-state index contributed by atoms with van der Waals surface area (Å²) in [6.45, 7) is 5.02. The molecule has 8 nitrogen and oxygen atoms in total. The van der Waals surface area contributed by atoms with Gasteiger partial charge in [0.05, 0.1) is 30.1 Å². The number of ether oxygens (including phenoxy) is 2. The van der Waals surface area contributed by atoms with Gasteiger partial charge >= 0.3 is 0 Å². The Hall–Kier alpha value is -2.65. The van der Waals surface area contributed by atoms with Crippen LogP contribution in [-0.2, 0) is 0 Å². The quantitative estimate of drug-likeness (QED) is 0.534. The van der Waals surface area contributed by atoms with Crippen molar-refractivity contribution in [1.82, 2.24) is 24.7 Å². The molecule has 1 aromatic carbocycles. The molecule has 3 aromatic rings. The lowest BCUT2D eigenvalue weighted by atomic mass is 10.2. The molecule has 0 spiro atoms. The van der Waals surface area contributed by atoms with Gasteiger partial charge in [0.1, 0.15) is 0 Å². The van der Waals surface area contributed by atoms with Crippen molar-refractivity contribution in [1.29, 1.82) is 0 Å². The minimum Gasteiger partial charge on any atom is -0.489 e. The van der Waals surface area contributed by atoms with E-state index in [-0.39, 0.29) is 0 Å². The maximum absolute atomic E-state index is 6.34. The average Bonchev–Trinajstić information content (AvgIpc) is 3.04. The van der Waals surface area contributed by atoms with Crippen LogP contribution >= 0.6 is 23.8 Å². The van der Waals surface area contributed by atoms with E-state index in [4.69, 9.17) is 33.3 Å². The van der Waals surface area contributed by atoms with Crippen LogP contribution in [0.1, 0.15) is 23.4 Å². The highest BCUT2D eigenvalue weighted by molar-refractivity contribution is 7.71. The molecule has 0 unspecified atom stereocenters. The van der Waals surface area contributed by atoms with Gasteiger partial charge in [0.15, 0.2) is 11.5 Å². The summed E-state index contributed by atoms with van der Waals surface area (Å²) in [5.74, 6) is 1.65. The molecule has 0 radical (unpaired) electrons. The van der Waals surface area contributed by atoms with Crippen LogP contribution in [0.4, 0.5) is 0 Å². The predicted molar refractivity (Wildman–Crippen MR) is 104 cm³/mol. The van der Waals surface area contributed by atoms with Crippen molar-refractivity contribution in [3.8, 4) is 17.4 Å². The van der Waals surface area contributed by atoms with E-state index in [0.29, 0.717) is 40.5 Å². The van der Waals surface area contributed by atoms with E-state index in [1.807, 2.05) is 26.0 Å². The topological polar surface area (TPSA) is 82.2 Å². The molecule has 4 rings (SSSR count). The third-order valence-electron chi connectivity index (χ3n) is 3.98. The SMILES string of the molecule is Cc1cc(C)n(-c2n[nH]c(=S)n2/N=C\c2cc(Cl)c3c(c2)OCCCO3)n1. The first-order valence-electron chi connectivity index (χ1n) is 8.37. The monoisotopic (exact) mass is 404 g/mol. The zero-order chi connectivity index (χ0) is 19.0. The zero-order valence-electron chi connectivity index (χ0n) is 14.8. The number of aryl methyl sites for hydroxylation is 2. The Balaban J connectivity index is 1.71. The summed E-state index contributed by atoms with van der Waals surface area (Å²) in [7, 11) is 0. The highest BCUT2D eigenvalue weighted by Gasteiger charge is 2.16. The van der Waals surface area contributed by atoms with Crippen LogP contribution in [0.5, 0.6) is 11.5 Å². The van der Waals surface area contributed by atoms with E-state index < -0.39 is 0 Å². The first kappa shape index (κ1) is 17.7. The molecule has 0 saturated carbocycles. The number of aromatic nitrogens is 5. The van der Waals surface area contributed by atoms with Crippen LogP contribution in [0.25, 0.3) is 5.95 Å². The second-order valence-corrected chi connectivity index (χ2v) is 6.90. The van der Waals surface area contributed by atoms with Crippen molar-refractivity contribution in [3.05, 3.63) is 44.9 Å². The standard InChI is InChI=1S/C17H17ClN6O2S/c1-10-6-11(2)23(22-10)16-20-21-17(27)24(16)19-9-12-7-13(18)15-14(8-12)25-4-3-5-26-15/h6-9H,3-5H2,1-2H3,(H,21,27)/b19-9-. The average molecular weight is 405 g/mol. The molecule has 2 aromatic heterocycles. The molecule has 140 valence electrons. The Bertz CT molecular complexity index is 1080. The Morgan fingerprint density at radius 1 is 1.26 bits per heavy atom. The molecule has 0 atom stereocenters. The fourth-order valence-corrected chi connectivity index (χ4v) is 3.25. The zero-order valence-corrected chi connectivity index (χ0v) is 16.3. The lowest BCUT2D eigenvalue weighted by molar-refractivity contribution is 0.297. The van der Waals surface area contributed by atoms with E-state index in [0.717, 1.165) is 23.4 Å². The molecular weight excluding hydrogens is 388 g/mol. The summed E-state index contributed by atoms with van der Waals surface area (Å²) in [5.41, 5.74) is 2.56. The van der Waals surface area contributed by atoms with Crippen LogP contribution in [-0.4, -0.2) is 44.1 Å². The van der Waals surface area contributed by atoms with Crippen LogP contribution in [0, 0.1) is 18.6 Å². The van der Waals surface area contributed by atoms with Crippen molar-refractivity contribution in [2.24, 2.45) is 5.10 Å². The number of fused-ring (bicyclic) bond motifs is 1. The molecule has 3 heterocycles. The first-order chi connectivity index (χ1) is 13.0. The Morgan fingerprint density at radius 3 is 2.85 bits per heavy atom. The highest BCUT2D eigenvalue weighted by atomic mass is 35.5. The summed E-state index contributed by atoms with van der Waals surface area (Å²) < 4.78 is 14.9. The minimum atomic E-state index is 0.356. The fourth-order valence-electron chi connectivity index (χ4n) is 2.81. The smallest absolute Gasteiger partial charge is 0.271 e. The summed E-state index contributed by atoms with van der Waals surface area (Å²) in [5, 5.41) is 16.3. The summed E-state index contributed by atoms with van der Waals surface area (Å²) in [6.07, 6.45) is 2.45. The maximum atomic E-state index is 6.34. The number of nitrogens with zero attached hydrogens (tertiary/aromatic N) is 5. The van der Waals surface area contributed by atoms with Crippen molar-refractivity contribution >= 4 is 30.0 Å². The summed E-state index contributed by atoms with van der Waals surface area (Å²) in [4.78, 5) is 0. The van der Waals surface area contributed by atoms with E-state index >= 15 is 0 Å². The molecule has 1 aliphatic rings. The number of halogens is 1. The number of H-pyrrole nitrogens is 1. The molecular formula is C17H17ClN6O2S. The van der Waals surface area contributed by atoms with Gasteiger partial charge in [0, 0.05) is 12.1 Å². The van der Waals surface area contributed by atoms with Gasteiger partial charge in [-0.2, -0.15) is 14.9 Å². The number of hydrogen-bond donors (Lipinski definition) is 1. The summed E-state index contributed by atoms with van der Waals surface area (Å²) >= 11 is 11.6. The van der Waals surface area contributed by atoms with Crippen molar-refractivity contribution in [3.63, 3.8) is 0 Å². The molecule has 27 heavy (non-hydrogen) atoms. The number of benzene rings is 1. The summed E-state index contributed by atoms with van der Waals surface area (Å²) in [6, 6.07) is 5.56. The third-order valence-corrected chi connectivity index (χ3v) is 4.52. The van der Waals surface area contributed by atoms with Crippen LogP contribution in [0.3, 0.4) is 0 Å². The highest BCUT2D eigenvalue weighted by Crippen LogP contribution is 2.37. The van der Waals surface area contributed by atoms with Gasteiger partial charge in [-0.15, -0.1) is 5.10 Å². The van der Waals surface area contributed by atoms with Gasteiger partial charge in [-0.05, 0) is 49.8 Å². The van der Waals surface area contributed by atoms with Gasteiger partial charge in [-0.25, -0.2) is 9.78 Å². The van der Waals surface area contributed by atoms with Crippen LogP contribution in [0.2, 0.25) is 5.02 Å². The molecule has 1 aliphatic heterocycles. The maximum Gasteiger partial charge on any atom is 0.271 e. The Labute approximate surface area is 165 Å². The third kappa shape index (κ3) is 3.47. The van der Waals surface area contributed by atoms with E-state index in [1.54, 1.807) is 17.0 Å². The largest absolute Gasteiger partial charge is 0.489 e. The molecule has 1 N–H and O–H groups in total. The second kappa shape index (κ2) is 7.16. The van der Waals surface area contributed by atoms with Crippen molar-refractivity contribution < 1.29 is 9.47 Å². The Morgan fingerprint density at radius 2 is 2.07 bits per heavy atom. The van der Waals surface area contributed by atoms with E-state index in [2.05, 4.69) is 20.4 Å². The van der Waals surface area contributed by atoms with Crippen molar-refractivity contribution in [2.75, 3.05) is 13.2 Å². The van der Waals surface area contributed by atoms with Gasteiger partial charge in [-0.3, -0.25) is 0 Å². The lowest BCUT2D eigenvalue weighted by Gasteiger charge is -2.09. The van der Waals surface area contributed by atoms with Gasteiger partial charge in [0.25, 0.3) is 5.95 Å². The lowest BCUT2D eigenvalue weighted by Crippen LogP contribution is -2.07. The minimum absolute atomic E-state index is 0.356. The van der Waals surface area contributed by atoms with E-state index in [9.17, 15) is 0 Å². The van der Waals surface area contributed by atoms with Gasteiger partial charge in [-0.1, -0.05) is 11.6 Å². The number of aromatic amines is 1. The van der Waals surface area contributed by atoms with Gasteiger partial charge < -0.3 is 9.47 Å². The predicted octanol–water partition coefficient (Wildman–Crippen LogP) is 3.44. The number of hydrogen-bond acceptors (Lipinski definition) is 6. The fraction of sp³-hybridized carbons (Fsp3) is 0.294. The molecule has 0 amide bonds. The molecule has 0 fully saturated rings. The van der Waals surface area contributed by atoms with Crippen LogP contribution in [0.15, 0.2) is 23.3 Å².